The second-order valence-corrected chi connectivity index (χ2v) is 4.40. The van der Waals surface area contributed by atoms with Crippen molar-refractivity contribution in [2.45, 2.75) is 19.9 Å². The minimum Gasteiger partial charge on any atom is -0.306 e. The van der Waals surface area contributed by atoms with E-state index in [9.17, 15) is 8.78 Å². The summed E-state index contributed by atoms with van der Waals surface area (Å²) in [6, 6.07) is 6.20. The molecule has 0 spiro atoms. The lowest BCUT2D eigenvalue weighted by Gasteiger charge is -2.19. The van der Waals surface area contributed by atoms with Gasteiger partial charge in [0.1, 0.15) is 11.6 Å². The lowest BCUT2D eigenvalue weighted by Crippen LogP contribution is -2.23. The van der Waals surface area contributed by atoms with Crippen molar-refractivity contribution in [1.82, 2.24) is 10.3 Å². The summed E-state index contributed by atoms with van der Waals surface area (Å²) in [5.74, 6) is -0.677. The molecule has 2 rings (SSSR count). The smallest absolute Gasteiger partial charge is 0.146 e. The summed E-state index contributed by atoms with van der Waals surface area (Å²) in [6.45, 7) is 4.28. The number of aryl methyl sites for hydroxylation is 1. The van der Waals surface area contributed by atoms with E-state index in [0.29, 0.717) is 23.2 Å². The predicted molar refractivity (Wildman–Crippen MR) is 70.9 cm³/mol. The highest BCUT2D eigenvalue weighted by molar-refractivity contribution is 5.33. The molecule has 100 valence electrons. The Balaban J connectivity index is 2.45. The quantitative estimate of drug-likeness (QED) is 0.913. The summed E-state index contributed by atoms with van der Waals surface area (Å²) in [5.41, 5.74) is 1.75. The van der Waals surface area contributed by atoms with Crippen LogP contribution in [0, 0.1) is 18.6 Å². The first-order valence-electron chi connectivity index (χ1n) is 6.22. The fourth-order valence-corrected chi connectivity index (χ4v) is 2.02. The second-order valence-electron chi connectivity index (χ2n) is 4.40. The Morgan fingerprint density at radius 2 is 2.00 bits per heavy atom. The highest BCUT2D eigenvalue weighted by Gasteiger charge is 2.17. The number of nitrogens with zero attached hydrogens (tertiary/aromatic N) is 1. The number of rotatable bonds is 4. The van der Waals surface area contributed by atoms with Crippen molar-refractivity contribution in [3.63, 3.8) is 0 Å². The summed E-state index contributed by atoms with van der Waals surface area (Å²) in [6.07, 6.45) is 2.71. The van der Waals surface area contributed by atoms with Crippen LogP contribution < -0.4 is 5.32 Å². The molecule has 2 nitrogen and oxygen atoms in total. The molecule has 0 radical (unpaired) electrons. The van der Waals surface area contributed by atoms with Crippen molar-refractivity contribution < 1.29 is 8.78 Å². The van der Waals surface area contributed by atoms with Crippen LogP contribution in [0.5, 0.6) is 0 Å². The van der Waals surface area contributed by atoms with Crippen LogP contribution >= 0.6 is 0 Å². The monoisotopic (exact) mass is 262 g/mol. The molecule has 0 saturated heterocycles. The largest absolute Gasteiger partial charge is 0.306 e. The number of benzene rings is 1. The molecule has 0 aliphatic rings. The van der Waals surface area contributed by atoms with Gasteiger partial charge in [0.2, 0.25) is 0 Å². The molecule has 2 aromatic rings. The maximum absolute atomic E-state index is 13.8. The van der Waals surface area contributed by atoms with Gasteiger partial charge in [0.05, 0.1) is 12.2 Å². The molecule has 1 heterocycles. The van der Waals surface area contributed by atoms with Gasteiger partial charge >= 0.3 is 0 Å². The Morgan fingerprint density at radius 1 is 1.21 bits per heavy atom. The highest BCUT2D eigenvalue weighted by Crippen LogP contribution is 2.25. The van der Waals surface area contributed by atoms with Crippen LogP contribution in [0.4, 0.5) is 8.78 Å². The number of hydrogen-bond donors (Lipinski definition) is 1. The van der Waals surface area contributed by atoms with E-state index in [1.54, 1.807) is 19.1 Å². The van der Waals surface area contributed by atoms with E-state index in [0.717, 1.165) is 0 Å². The molecular formula is C15H16F2N2. The SMILES string of the molecule is CCNC(c1ccc(C)c(F)c1)c1ccncc1F. The van der Waals surface area contributed by atoms with Crippen LogP contribution in [-0.2, 0) is 0 Å². The summed E-state index contributed by atoms with van der Waals surface area (Å²) >= 11 is 0. The first-order valence-corrected chi connectivity index (χ1v) is 6.22. The Labute approximate surface area is 111 Å². The minimum atomic E-state index is -0.394. The standard InChI is InChI=1S/C15H16F2N2/c1-3-19-15(12-6-7-18-9-14(12)17)11-5-4-10(2)13(16)8-11/h4-9,15,19H,3H2,1-2H3. The number of pyridine rings is 1. The summed E-state index contributed by atoms with van der Waals surface area (Å²) in [7, 11) is 0. The van der Waals surface area contributed by atoms with E-state index in [1.165, 1.54) is 18.5 Å². The molecule has 0 aliphatic heterocycles. The molecule has 4 heteroatoms. The fraction of sp³-hybridized carbons (Fsp3) is 0.267. The normalized spacial score (nSPS) is 12.4. The molecule has 1 aromatic carbocycles. The van der Waals surface area contributed by atoms with Crippen LogP contribution in [0.3, 0.4) is 0 Å². The number of halogens is 2. The molecule has 1 unspecified atom stereocenters. The third kappa shape index (κ3) is 2.96. The zero-order chi connectivity index (χ0) is 13.8. The van der Waals surface area contributed by atoms with Gasteiger partial charge < -0.3 is 5.32 Å². The third-order valence-electron chi connectivity index (χ3n) is 3.05. The zero-order valence-electron chi connectivity index (χ0n) is 11.0. The molecule has 19 heavy (non-hydrogen) atoms. The molecule has 1 aromatic heterocycles. The van der Waals surface area contributed by atoms with E-state index in [4.69, 9.17) is 0 Å². The second kappa shape index (κ2) is 5.89. The molecule has 0 bridgehead atoms. The van der Waals surface area contributed by atoms with E-state index in [-0.39, 0.29) is 11.9 Å². The topological polar surface area (TPSA) is 24.9 Å². The number of aromatic nitrogens is 1. The Hall–Kier alpha value is -1.81. The molecule has 0 amide bonds. The third-order valence-corrected chi connectivity index (χ3v) is 3.05. The van der Waals surface area contributed by atoms with Gasteiger partial charge in [-0.15, -0.1) is 0 Å². The lowest BCUT2D eigenvalue weighted by molar-refractivity contribution is 0.550. The Kier molecular flexibility index (Phi) is 4.22. The first kappa shape index (κ1) is 13.6. The van der Waals surface area contributed by atoms with Crippen LogP contribution in [0.25, 0.3) is 0 Å². The predicted octanol–water partition coefficient (Wildman–Crippen LogP) is 3.37. The number of nitrogens with one attached hydrogen (secondary N) is 1. The van der Waals surface area contributed by atoms with Gasteiger partial charge in [-0.3, -0.25) is 4.98 Å². The van der Waals surface area contributed by atoms with Crippen molar-refractivity contribution in [2.24, 2.45) is 0 Å². The van der Waals surface area contributed by atoms with Gasteiger partial charge in [0.25, 0.3) is 0 Å². The van der Waals surface area contributed by atoms with Crippen molar-refractivity contribution >= 4 is 0 Å². The Morgan fingerprint density at radius 3 is 2.63 bits per heavy atom. The zero-order valence-corrected chi connectivity index (χ0v) is 11.0. The average Bonchev–Trinajstić information content (AvgIpc) is 2.40. The first-order chi connectivity index (χ1) is 9.13. The molecule has 0 fully saturated rings. The fourth-order valence-electron chi connectivity index (χ4n) is 2.02. The molecule has 0 saturated carbocycles. The van der Waals surface area contributed by atoms with E-state index < -0.39 is 5.82 Å². The van der Waals surface area contributed by atoms with Crippen molar-refractivity contribution in [1.29, 1.82) is 0 Å². The minimum absolute atomic E-state index is 0.283. The van der Waals surface area contributed by atoms with Gasteiger partial charge in [0, 0.05) is 11.8 Å². The van der Waals surface area contributed by atoms with Crippen LogP contribution in [0.15, 0.2) is 36.7 Å². The molecule has 0 aliphatic carbocycles. The molecular weight excluding hydrogens is 246 g/mol. The maximum atomic E-state index is 13.8. The molecule has 1 atom stereocenters. The van der Waals surface area contributed by atoms with Crippen LogP contribution in [-0.4, -0.2) is 11.5 Å². The van der Waals surface area contributed by atoms with E-state index in [2.05, 4.69) is 10.3 Å². The van der Waals surface area contributed by atoms with Gasteiger partial charge in [0.15, 0.2) is 0 Å². The van der Waals surface area contributed by atoms with Crippen molar-refractivity contribution in [3.8, 4) is 0 Å². The van der Waals surface area contributed by atoms with Crippen LogP contribution in [0.2, 0.25) is 0 Å². The highest BCUT2D eigenvalue weighted by atomic mass is 19.1. The maximum Gasteiger partial charge on any atom is 0.146 e. The van der Waals surface area contributed by atoms with Crippen molar-refractivity contribution in [3.05, 3.63) is 65.0 Å². The molecule has 1 N–H and O–H groups in total. The Bertz CT molecular complexity index is 570. The average molecular weight is 262 g/mol. The van der Waals surface area contributed by atoms with Gasteiger partial charge in [-0.1, -0.05) is 19.1 Å². The van der Waals surface area contributed by atoms with Gasteiger partial charge in [-0.05, 0) is 36.7 Å². The lowest BCUT2D eigenvalue weighted by atomic mass is 9.98. The van der Waals surface area contributed by atoms with E-state index >= 15 is 0 Å². The van der Waals surface area contributed by atoms with E-state index in [1.807, 2.05) is 13.0 Å². The summed E-state index contributed by atoms with van der Waals surface area (Å²) in [5, 5.41) is 3.17. The van der Waals surface area contributed by atoms with Crippen molar-refractivity contribution in [2.75, 3.05) is 6.54 Å². The summed E-state index contributed by atoms with van der Waals surface area (Å²) in [4.78, 5) is 3.74. The van der Waals surface area contributed by atoms with Gasteiger partial charge in [-0.25, -0.2) is 8.78 Å². The summed E-state index contributed by atoms with van der Waals surface area (Å²) < 4.78 is 27.5. The van der Waals surface area contributed by atoms with Crippen LogP contribution in [0.1, 0.15) is 29.7 Å². The van der Waals surface area contributed by atoms with Gasteiger partial charge in [-0.2, -0.15) is 0 Å². The number of hydrogen-bond acceptors (Lipinski definition) is 2.